The molecule has 44 heavy (non-hydrogen) atoms. The molecule has 1 aromatic heterocycles. The highest BCUT2D eigenvalue weighted by Gasteiger charge is 2.35. The van der Waals surface area contributed by atoms with Crippen molar-refractivity contribution in [1.29, 1.82) is 0 Å². The third kappa shape index (κ3) is 6.65. The smallest absolute Gasteiger partial charge is 0.323 e. The Morgan fingerprint density at radius 1 is 0.886 bits per heavy atom. The Labute approximate surface area is 262 Å². The standard InChI is InChI=1S/C35H36ClN5O3/c1-2-23-8-13-29(14-9-23)38-35(44)39-30-19-26(34(43)37-17-16-24-6-11-28(36)12-7-24)10-15-32(30)40-20-25-18-27(22-40)31-4-3-5-33(42)41(31)21-25/h3-15,19,25,27H,2,16-18,20-22H2,1H3,(H,37,43)(H2,38,39,44)/t25-,27+/m1/s1. The van der Waals surface area contributed by atoms with Crippen molar-refractivity contribution in [2.24, 2.45) is 5.92 Å². The number of nitrogens with zero attached hydrogens (tertiary/aromatic N) is 2. The van der Waals surface area contributed by atoms with Gasteiger partial charge in [-0.2, -0.15) is 0 Å². The number of hydrogen-bond acceptors (Lipinski definition) is 4. The lowest BCUT2D eigenvalue weighted by Crippen LogP contribution is -2.47. The van der Waals surface area contributed by atoms with Crippen molar-refractivity contribution in [3.63, 3.8) is 0 Å². The fraction of sp³-hybridized carbons (Fsp3) is 0.286. The molecule has 2 aliphatic rings. The van der Waals surface area contributed by atoms with Crippen molar-refractivity contribution in [2.75, 3.05) is 35.2 Å². The largest absolute Gasteiger partial charge is 0.369 e. The van der Waals surface area contributed by atoms with Crippen LogP contribution in [0.1, 0.15) is 46.4 Å². The molecule has 0 aliphatic carbocycles. The quantitative estimate of drug-likeness (QED) is 0.218. The number of amides is 3. The van der Waals surface area contributed by atoms with Gasteiger partial charge in [-0.1, -0.05) is 48.9 Å². The van der Waals surface area contributed by atoms with Crippen LogP contribution >= 0.6 is 11.6 Å². The molecule has 0 unspecified atom stereocenters. The molecule has 3 N–H and O–H groups in total. The zero-order chi connectivity index (χ0) is 30.6. The van der Waals surface area contributed by atoms with Gasteiger partial charge in [0.1, 0.15) is 0 Å². The van der Waals surface area contributed by atoms with Gasteiger partial charge in [-0.3, -0.25) is 9.59 Å². The van der Waals surface area contributed by atoms with Gasteiger partial charge in [-0.25, -0.2) is 4.79 Å². The van der Waals surface area contributed by atoms with E-state index in [0.717, 1.165) is 36.3 Å². The number of hydrogen-bond donors (Lipinski definition) is 3. The Morgan fingerprint density at radius 2 is 1.66 bits per heavy atom. The van der Waals surface area contributed by atoms with Gasteiger partial charge in [-0.15, -0.1) is 0 Å². The summed E-state index contributed by atoms with van der Waals surface area (Å²) in [4.78, 5) is 41.2. The highest BCUT2D eigenvalue weighted by molar-refractivity contribution is 6.30. The Bertz CT molecular complexity index is 1720. The molecule has 0 radical (unpaired) electrons. The van der Waals surface area contributed by atoms with E-state index in [2.05, 4.69) is 27.8 Å². The molecule has 1 saturated heterocycles. The van der Waals surface area contributed by atoms with Crippen molar-refractivity contribution in [1.82, 2.24) is 9.88 Å². The number of halogens is 1. The molecule has 0 saturated carbocycles. The first-order valence-electron chi connectivity index (χ1n) is 15.1. The molecule has 2 atom stereocenters. The molecule has 0 spiro atoms. The van der Waals surface area contributed by atoms with Gasteiger partial charge >= 0.3 is 6.03 Å². The van der Waals surface area contributed by atoms with Gasteiger partial charge in [0.2, 0.25) is 0 Å². The number of carbonyl (C=O) groups excluding carboxylic acids is 2. The fourth-order valence-corrected chi connectivity index (χ4v) is 6.45. The fourth-order valence-electron chi connectivity index (χ4n) is 6.33. The van der Waals surface area contributed by atoms with E-state index >= 15 is 0 Å². The van der Waals surface area contributed by atoms with Crippen LogP contribution in [0.25, 0.3) is 0 Å². The number of carbonyl (C=O) groups is 2. The first kappa shape index (κ1) is 29.5. The van der Waals surface area contributed by atoms with E-state index in [1.54, 1.807) is 12.1 Å². The third-order valence-corrected chi connectivity index (χ3v) is 8.81. The lowest BCUT2D eigenvalue weighted by Gasteiger charge is -2.44. The number of pyridine rings is 1. The van der Waals surface area contributed by atoms with E-state index in [0.29, 0.717) is 53.9 Å². The molecule has 3 amide bonds. The van der Waals surface area contributed by atoms with Crippen molar-refractivity contribution in [2.45, 2.75) is 38.6 Å². The predicted octanol–water partition coefficient (Wildman–Crippen LogP) is 6.30. The normalized spacial score (nSPS) is 17.0. The van der Waals surface area contributed by atoms with E-state index in [1.807, 2.05) is 77.4 Å². The van der Waals surface area contributed by atoms with E-state index in [1.165, 1.54) is 5.56 Å². The number of aryl methyl sites for hydroxylation is 1. The van der Waals surface area contributed by atoms with E-state index in [9.17, 15) is 14.4 Å². The number of fused-ring (bicyclic) bond motifs is 4. The minimum absolute atomic E-state index is 0.0445. The molecule has 3 aromatic carbocycles. The Hall–Kier alpha value is -4.56. The zero-order valence-electron chi connectivity index (χ0n) is 24.7. The maximum Gasteiger partial charge on any atom is 0.323 e. The van der Waals surface area contributed by atoms with Crippen LogP contribution in [-0.2, 0) is 19.4 Å². The molecule has 3 heterocycles. The second-order valence-corrected chi connectivity index (χ2v) is 12.0. The summed E-state index contributed by atoms with van der Waals surface area (Å²) in [7, 11) is 0. The number of urea groups is 1. The molecule has 6 rings (SSSR count). The van der Waals surface area contributed by atoms with Crippen molar-refractivity contribution in [3.8, 4) is 0 Å². The van der Waals surface area contributed by atoms with Crippen LogP contribution in [0.2, 0.25) is 5.02 Å². The Morgan fingerprint density at radius 3 is 2.43 bits per heavy atom. The van der Waals surface area contributed by atoms with Crippen LogP contribution < -0.4 is 26.4 Å². The van der Waals surface area contributed by atoms with Gasteiger partial charge in [0.15, 0.2) is 0 Å². The number of rotatable bonds is 8. The number of nitrogens with one attached hydrogen (secondary N) is 3. The highest BCUT2D eigenvalue weighted by atomic mass is 35.5. The first-order chi connectivity index (χ1) is 21.4. The number of anilines is 3. The lowest BCUT2D eigenvalue weighted by molar-refractivity contribution is 0.0954. The highest BCUT2D eigenvalue weighted by Crippen LogP contribution is 2.39. The second-order valence-electron chi connectivity index (χ2n) is 11.6. The van der Waals surface area contributed by atoms with Gasteiger partial charge in [0.25, 0.3) is 11.5 Å². The number of aromatic nitrogens is 1. The molecular weight excluding hydrogens is 574 g/mol. The summed E-state index contributed by atoms with van der Waals surface area (Å²) in [6, 6.07) is 25.9. The van der Waals surface area contributed by atoms with Crippen LogP contribution in [0.3, 0.4) is 0 Å². The van der Waals surface area contributed by atoms with Crippen molar-refractivity contribution < 1.29 is 9.59 Å². The molecule has 8 nitrogen and oxygen atoms in total. The van der Waals surface area contributed by atoms with Crippen LogP contribution in [-0.4, -0.2) is 36.1 Å². The first-order valence-corrected chi connectivity index (χ1v) is 15.5. The van der Waals surface area contributed by atoms with Gasteiger partial charge < -0.3 is 25.4 Å². The minimum Gasteiger partial charge on any atom is -0.369 e. The van der Waals surface area contributed by atoms with Crippen molar-refractivity contribution >= 4 is 40.6 Å². The molecule has 9 heteroatoms. The van der Waals surface area contributed by atoms with Crippen LogP contribution in [0.5, 0.6) is 0 Å². The summed E-state index contributed by atoms with van der Waals surface area (Å²) in [6.45, 7) is 4.68. The van der Waals surface area contributed by atoms with Crippen LogP contribution in [0, 0.1) is 5.92 Å². The van der Waals surface area contributed by atoms with Crippen LogP contribution in [0.15, 0.2) is 89.7 Å². The average Bonchev–Trinajstić information content (AvgIpc) is 3.02. The Balaban J connectivity index is 1.22. The van der Waals surface area contributed by atoms with Gasteiger partial charge in [0.05, 0.1) is 11.4 Å². The second kappa shape index (κ2) is 13.0. The van der Waals surface area contributed by atoms with Crippen LogP contribution in [0.4, 0.5) is 21.9 Å². The maximum atomic E-state index is 13.2. The number of piperidine rings is 1. The minimum atomic E-state index is -0.384. The molecule has 226 valence electrons. The molecule has 2 bridgehead atoms. The summed E-state index contributed by atoms with van der Waals surface area (Å²) in [6.07, 6.45) is 2.61. The molecular formula is C35H36ClN5O3. The van der Waals surface area contributed by atoms with E-state index < -0.39 is 0 Å². The molecule has 2 aliphatic heterocycles. The molecule has 1 fully saturated rings. The van der Waals surface area contributed by atoms with E-state index in [4.69, 9.17) is 11.6 Å². The summed E-state index contributed by atoms with van der Waals surface area (Å²) in [5.41, 5.74) is 5.92. The number of benzene rings is 3. The average molecular weight is 610 g/mol. The SMILES string of the molecule is CCc1ccc(NC(=O)Nc2cc(C(=O)NCCc3ccc(Cl)cc3)ccc2N2C[C@H]3C[C@@H](C2)c2cccc(=O)n2C3)cc1. The Kier molecular flexibility index (Phi) is 8.70. The maximum absolute atomic E-state index is 13.2. The third-order valence-electron chi connectivity index (χ3n) is 8.56. The summed E-state index contributed by atoms with van der Waals surface area (Å²) in [5.74, 6) is 0.287. The van der Waals surface area contributed by atoms with E-state index in [-0.39, 0.29) is 23.4 Å². The monoisotopic (exact) mass is 609 g/mol. The summed E-state index contributed by atoms with van der Waals surface area (Å²) >= 11 is 5.99. The van der Waals surface area contributed by atoms with Gasteiger partial charge in [-0.05, 0) is 84.8 Å². The van der Waals surface area contributed by atoms with Gasteiger partial charge in [0, 0.05) is 60.1 Å². The predicted molar refractivity (Wildman–Crippen MR) is 176 cm³/mol. The zero-order valence-corrected chi connectivity index (χ0v) is 25.4. The lowest BCUT2D eigenvalue weighted by atomic mass is 9.83. The van der Waals surface area contributed by atoms with Crippen molar-refractivity contribution in [3.05, 3.63) is 123 Å². The topological polar surface area (TPSA) is 95.5 Å². The summed E-state index contributed by atoms with van der Waals surface area (Å²) in [5, 5.41) is 9.61. The molecule has 4 aromatic rings. The summed E-state index contributed by atoms with van der Waals surface area (Å²) < 4.78 is 1.91.